The fourth-order valence-corrected chi connectivity index (χ4v) is 1.57. The number of carbonyl (C=O) groups is 1. The molecule has 0 saturated carbocycles. The van der Waals surface area contributed by atoms with E-state index in [1.165, 1.54) is 20.5 Å². The normalized spacial score (nSPS) is 10.4. The van der Waals surface area contributed by atoms with E-state index >= 15 is 0 Å². The second-order valence-corrected chi connectivity index (χ2v) is 4.67. The average Bonchev–Trinajstić information content (AvgIpc) is 2.45. The van der Waals surface area contributed by atoms with Crippen molar-refractivity contribution in [1.82, 2.24) is 20.6 Å². The van der Waals surface area contributed by atoms with E-state index in [1.54, 1.807) is 0 Å². The summed E-state index contributed by atoms with van der Waals surface area (Å²) < 4.78 is 10.3. The summed E-state index contributed by atoms with van der Waals surface area (Å²) in [6.45, 7) is 5.37. The van der Waals surface area contributed by atoms with Crippen LogP contribution >= 0.6 is 0 Å². The highest BCUT2D eigenvalue weighted by atomic mass is 16.5. The third kappa shape index (κ3) is 5.00. The van der Waals surface area contributed by atoms with Crippen LogP contribution in [0, 0.1) is 5.92 Å². The van der Waals surface area contributed by atoms with Gasteiger partial charge in [0, 0.05) is 13.1 Å². The van der Waals surface area contributed by atoms with Crippen LogP contribution in [-0.2, 0) is 11.3 Å². The van der Waals surface area contributed by atoms with Crippen molar-refractivity contribution in [1.29, 1.82) is 0 Å². The minimum atomic E-state index is -0.0477. The summed E-state index contributed by atoms with van der Waals surface area (Å²) in [6.07, 6.45) is 1.37. The standard InChI is InChI=1S/C13H22N4O3/c1-9(2)5-15-11(18)7-14-6-10-12(19-3)16-8-17-13(10)20-4/h8-9,14H,5-7H2,1-4H3,(H,15,18). The van der Waals surface area contributed by atoms with Crippen molar-refractivity contribution in [2.24, 2.45) is 5.92 Å². The molecule has 7 nitrogen and oxygen atoms in total. The molecule has 0 radical (unpaired) electrons. The molecule has 0 aliphatic carbocycles. The number of rotatable bonds is 8. The zero-order valence-corrected chi connectivity index (χ0v) is 12.4. The van der Waals surface area contributed by atoms with Crippen molar-refractivity contribution in [3.8, 4) is 11.8 Å². The molecule has 112 valence electrons. The van der Waals surface area contributed by atoms with Crippen LogP contribution in [0.25, 0.3) is 0 Å². The molecule has 1 amide bonds. The maximum atomic E-state index is 11.6. The molecule has 0 saturated heterocycles. The number of nitrogens with zero attached hydrogens (tertiary/aromatic N) is 2. The van der Waals surface area contributed by atoms with Gasteiger partial charge in [0.05, 0.1) is 26.3 Å². The Morgan fingerprint density at radius 1 is 1.25 bits per heavy atom. The van der Waals surface area contributed by atoms with Gasteiger partial charge in [-0.25, -0.2) is 9.97 Å². The van der Waals surface area contributed by atoms with E-state index in [2.05, 4.69) is 20.6 Å². The van der Waals surface area contributed by atoms with Crippen LogP contribution < -0.4 is 20.1 Å². The monoisotopic (exact) mass is 282 g/mol. The molecule has 20 heavy (non-hydrogen) atoms. The molecular weight excluding hydrogens is 260 g/mol. The summed E-state index contributed by atoms with van der Waals surface area (Å²) in [4.78, 5) is 19.6. The molecule has 0 aliphatic heterocycles. The molecule has 1 heterocycles. The van der Waals surface area contributed by atoms with Crippen LogP contribution in [-0.4, -0.2) is 43.2 Å². The van der Waals surface area contributed by atoms with E-state index in [-0.39, 0.29) is 12.5 Å². The van der Waals surface area contributed by atoms with Gasteiger partial charge in [-0.1, -0.05) is 13.8 Å². The Kier molecular flexibility index (Phi) is 6.72. The molecule has 2 N–H and O–H groups in total. The van der Waals surface area contributed by atoms with E-state index < -0.39 is 0 Å². The SMILES string of the molecule is COc1ncnc(OC)c1CNCC(=O)NCC(C)C. The first-order chi connectivity index (χ1) is 9.58. The molecule has 0 spiro atoms. The summed E-state index contributed by atoms with van der Waals surface area (Å²) in [6, 6.07) is 0. The van der Waals surface area contributed by atoms with Crippen molar-refractivity contribution in [2.45, 2.75) is 20.4 Å². The number of carbonyl (C=O) groups excluding carboxylic acids is 1. The third-order valence-electron chi connectivity index (χ3n) is 2.55. The second-order valence-electron chi connectivity index (χ2n) is 4.67. The van der Waals surface area contributed by atoms with Crippen LogP contribution in [0.2, 0.25) is 0 Å². The highest BCUT2D eigenvalue weighted by Gasteiger charge is 2.12. The summed E-state index contributed by atoms with van der Waals surface area (Å²) in [5, 5.41) is 5.85. The van der Waals surface area contributed by atoms with Crippen LogP contribution in [0.3, 0.4) is 0 Å². The van der Waals surface area contributed by atoms with E-state index in [0.717, 1.165) is 0 Å². The Morgan fingerprint density at radius 3 is 2.35 bits per heavy atom. The Labute approximate surface area is 119 Å². The lowest BCUT2D eigenvalue weighted by Crippen LogP contribution is -2.35. The largest absolute Gasteiger partial charge is 0.481 e. The highest BCUT2D eigenvalue weighted by Crippen LogP contribution is 2.22. The first-order valence-corrected chi connectivity index (χ1v) is 6.47. The summed E-state index contributed by atoms with van der Waals surface area (Å²) >= 11 is 0. The van der Waals surface area contributed by atoms with Crippen LogP contribution in [0.5, 0.6) is 11.8 Å². The van der Waals surface area contributed by atoms with E-state index in [4.69, 9.17) is 9.47 Å². The average molecular weight is 282 g/mol. The second kappa shape index (κ2) is 8.31. The van der Waals surface area contributed by atoms with Gasteiger partial charge in [0.25, 0.3) is 0 Å². The zero-order valence-electron chi connectivity index (χ0n) is 12.4. The summed E-state index contributed by atoms with van der Waals surface area (Å²) in [5.41, 5.74) is 0.689. The number of methoxy groups -OCH3 is 2. The maximum absolute atomic E-state index is 11.6. The molecule has 0 bridgehead atoms. The Balaban J connectivity index is 2.51. The Bertz CT molecular complexity index is 415. The number of nitrogens with one attached hydrogen (secondary N) is 2. The van der Waals surface area contributed by atoms with Gasteiger partial charge < -0.3 is 20.1 Å². The predicted molar refractivity (Wildman–Crippen MR) is 74.7 cm³/mol. The zero-order chi connectivity index (χ0) is 15.0. The Morgan fingerprint density at radius 2 is 1.85 bits per heavy atom. The lowest BCUT2D eigenvalue weighted by molar-refractivity contribution is -0.120. The molecule has 7 heteroatoms. The molecule has 1 aromatic heterocycles. The number of hydrogen-bond acceptors (Lipinski definition) is 6. The van der Waals surface area contributed by atoms with Gasteiger partial charge in [0.15, 0.2) is 0 Å². The van der Waals surface area contributed by atoms with Crippen LogP contribution in [0.4, 0.5) is 0 Å². The lowest BCUT2D eigenvalue weighted by Gasteiger charge is -2.12. The molecule has 0 unspecified atom stereocenters. The quantitative estimate of drug-likeness (QED) is 0.716. The fourth-order valence-electron chi connectivity index (χ4n) is 1.57. The number of amides is 1. The van der Waals surface area contributed by atoms with Crippen LogP contribution in [0.15, 0.2) is 6.33 Å². The lowest BCUT2D eigenvalue weighted by atomic mass is 10.2. The first-order valence-electron chi connectivity index (χ1n) is 6.47. The van der Waals surface area contributed by atoms with E-state index in [1.807, 2.05) is 13.8 Å². The molecule has 0 fully saturated rings. The Hall–Kier alpha value is -1.89. The first kappa shape index (κ1) is 16.2. The molecule has 0 aromatic carbocycles. The molecule has 1 aromatic rings. The topological polar surface area (TPSA) is 85.4 Å². The van der Waals surface area contributed by atoms with Gasteiger partial charge >= 0.3 is 0 Å². The van der Waals surface area contributed by atoms with Crippen molar-refractivity contribution < 1.29 is 14.3 Å². The van der Waals surface area contributed by atoms with Crippen LogP contribution in [0.1, 0.15) is 19.4 Å². The minimum Gasteiger partial charge on any atom is -0.481 e. The minimum absolute atomic E-state index is 0.0477. The maximum Gasteiger partial charge on any atom is 0.233 e. The van der Waals surface area contributed by atoms with Gasteiger partial charge in [0.1, 0.15) is 6.33 Å². The third-order valence-corrected chi connectivity index (χ3v) is 2.55. The number of ether oxygens (including phenoxy) is 2. The smallest absolute Gasteiger partial charge is 0.233 e. The van der Waals surface area contributed by atoms with Gasteiger partial charge in [-0.3, -0.25) is 4.79 Å². The fraction of sp³-hybridized carbons (Fsp3) is 0.615. The van der Waals surface area contributed by atoms with Gasteiger partial charge in [-0.15, -0.1) is 0 Å². The molecule has 0 aliphatic rings. The van der Waals surface area contributed by atoms with E-state index in [0.29, 0.717) is 36.3 Å². The van der Waals surface area contributed by atoms with Gasteiger partial charge in [0.2, 0.25) is 17.7 Å². The van der Waals surface area contributed by atoms with Crippen molar-refractivity contribution in [3.05, 3.63) is 11.9 Å². The highest BCUT2D eigenvalue weighted by molar-refractivity contribution is 5.77. The van der Waals surface area contributed by atoms with Crippen molar-refractivity contribution in [2.75, 3.05) is 27.3 Å². The van der Waals surface area contributed by atoms with Crippen molar-refractivity contribution >= 4 is 5.91 Å². The summed E-state index contributed by atoms with van der Waals surface area (Å²) in [5.74, 6) is 1.26. The van der Waals surface area contributed by atoms with Gasteiger partial charge in [-0.2, -0.15) is 0 Å². The molecule has 1 rings (SSSR count). The molecular formula is C13H22N4O3. The summed E-state index contributed by atoms with van der Waals surface area (Å²) in [7, 11) is 3.06. The number of aromatic nitrogens is 2. The van der Waals surface area contributed by atoms with Crippen molar-refractivity contribution in [3.63, 3.8) is 0 Å². The number of hydrogen-bond donors (Lipinski definition) is 2. The predicted octanol–water partition coefficient (Wildman–Crippen LogP) is 0.356. The van der Waals surface area contributed by atoms with E-state index in [9.17, 15) is 4.79 Å². The van der Waals surface area contributed by atoms with Gasteiger partial charge in [-0.05, 0) is 5.92 Å². The molecule has 0 atom stereocenters.